The monoisotopic (exact) mass is 224 g/mol. The van der Waals surface area contributed by atoms with Crippen LogP contribution in [0.4, 0.5) is 0 Å². The summed E-state index contributed by atoms with van der Waals surface area (Å²) in [7, 11) is 2.18. The minimum Gasteiger partial charge on any atom is -0.306 e. The van der Waals surface area contributed by atoms with Crippen molar-refractivity contribution in [3.05, 3.63) is 30.1 Å². The van der Waals surface area contributed by atoms with Crippen molar-refractivity contribution in [2.24, 2.45) is 0 Å². The Bertz CT molecular complexity index is 251. The van der Waals surface area contributed by atoms with Crippen molar-refractivity contribution in [1.82, 2.24) is 9.88 Å². The first-order valence-corrected chi connectivity index (χ1v) is 6.14. The first kappa shape index (κ1) is 12.5. The quantitative estimate of drug-likeness (QED) is 0.565. The summed E-state index contributed by atoms with van der Waals surface area (Å²) in [5.41, 5.74) is 1.37. The summed E-state index contributed by atoms with van der Waals surface area (Å²) in [6.45, 7) is 2.29. The summed E-state index contributed by atoms with van der Waals surface area (Å²) < 4.78 is 0. The van der Waals surface area contributed by atoms with E-state index in [1.165, 1.54) is 24.9 Å². The van der Waals surface area contributed by atoms with Crippen molar-refractivity contribution in [1.29, 1.82) is 0 Å². The molecule has 1 aromatic rings. The van der Waals surface area contributed by atoms with Crippen molar-refractivity contribution >= 4 is 12.6 Å². The van der Waals surface area contributed by atoms with Gasteiger partial charge in [0.05, 0.1) is 0 Å². The summed E-state index contributed by atoms with van der Waals surface area (Å²) in [4.78, 5) is 6.39. The van der Waals surface area contributed by atoms with Gasteiger partial charge in [-0.3, -0.25) is 4.98 Å². The minimum atomic E-state index is 0.998. The molecule has 15 heavy (non-hydrogen) atoms. The number of likely N-dealkylation sites (N-methyl/N-ethyl adjacent to an activating group) is 1. The molecule has 84 valence electrons. The van der Waals surface area contributed by atoms with Gasteiger partial charge >= 0.3 is 0 Å². The highest BCUT2D eigenvalue weighted by Gasteiger charge is 1.98. The fourth-order valence-electron chi connectivity index (χ4n) is 1.47. The Morgan fingerprint density at radius 1 is 1.20 bits per heavy atom. The molecule has 3 heteroatoms. The third-order valence-corrected chi connectivity index (χ3v) is 2.80. The highest BCUT2D eigenvalue weighted by atomic mass is 32.1. The van der Waals surface area contributed by atoms with E-state index >= 15 is 0 Å². The highest BCUT2D eigenvalue weighted by Crippen LogP contribution is 2.00. The van der Waals surface area contributed by atoms with E-state index in [0.29, 0.717) is 0 Å². The number of aromatic nitrogens is 1. The van der Waals surface area contributed by atoms with Crippen LogP contribution < -0.4 is 0 Å². The predicted octanol–water partition coefficient (Wildman–Crippen LogP) is 2.27. The number of pyridine rings is 1. The molecule has 1 rings (SSSR count). The lowest BCUT2D eigenvalue weighted by molar-refractivity contribution is 0.332. The maximum atomic E-state index is 4.21. The molecular formula is C12H20N2S. The molecule has 0 atom stereocenters. The van der Waals surface area contributed by atoms with Gasteiger partial charge in [-0.2, -0.15) is 12.6 Å². The summed E-state index contributed by atoms with van der Waals surface area (Å²) in [5.74, 6) is 0.998. The Morgan fingerprint density at radius 2 is 1.93 bits per heavy atom. The van der Waals surface area contributed by atoms with E-state index in [9.17, 15) is 0 Å². The van der Waals surface area contributed by atoms with Crippen LogP contribution in [0.25, 0.3) is 0 Å². The zero-order chi connectivity index (χ0) is 10.9. The molecule has 0 saturated carbocycles. The maximum Gasteiger partial charge on any atom is 0.0270 e. The summed E-state index contributed by atoms with van der Waals surface area (Å²) >= 11 is 4.21. The second-order valence-corrected chi connectivity index (χ2v) is 4.29. The average molecular weight is 224 g/mol. The number of hydrogen-bond donors (Lipinski definition) is 1. The first-order chi connectivity index (χ1) is 7.33. The van der Waals surface area contributed by atoms with Crippen molar-refractivity contribution in [3.63, 3.8) is 0 Å². The van der Waals surface area contributed by atoms with Crippen LogP contribution in [0.3, 0.4) is 0 Å². The molecule has 0 aliphatic carbocycles. The summed E-state index contributed by atoms with van der Waals surface area (Å²) in [6, 6.07) is 4.17. The van der Waals surface area contributed by atoms with Crippen LogP contribution in [0.2, 0.25) is 0 Å². The molecule has 0 bridgehead atoms. The third kappa shape index (κ3) is 5.80. The topological polar surface area (TPSA) is 16.1 Å². The Hall–Kier alpha value is -0.540. The van der Waals surface area contributed by atoms with E-state index in [2.05, 4.69) is 41.7 Å². The zero-order valence-electron chi connectivity index (χ0n) is 9.39. The van der Waals surface area contributed by atoms with Gasteiger partial charge in [0.1, 0.15) is 0 Å². The first-order valence-electron chi connectivity index (χ1n) is 5.51. The van der Waals surface area contributed by atoms with Crippen LogP contribution in [-0.2, 0) is 6.42 Å². The Labute approximate surface area is 98.1 Å². The number of rotatable bonds is 7. The molecule has 2 nitrogen and oxygen atoms in total. The molecule has 0 N–H and O–H groups in total. The van der Waals surface area contributed by atoms with Crippen molar-refractivity contribution in [3.8, 4) is 0 Å². The molecule has 0 aliphatic rings. The third-order valence-electron chi connectivity index (χ3n) is 2.48. The van der Waals surface area contributed by atoms with Gasteiger partial charge in [0.25, 0.3) is 0 Å². The van der Waals surface area contributed by atoms with E-state index in [4.69, 9.17) is 0 Å². The average Bonchev–Trinajstić information content (AvgIpc) is 2.28. The molecule has 0 radical (unpaired) electrons. The van der Waals surface area contributed by atoms with Gasteiger partial charge in [0.2, 0.25) is 0 Å². The van der Waals surface area contributed by atoms with Gasteiger partial charge in [0, 0.05) is 18.9 Å². The summed E-state index contributed by atoms with van der Waals surface area (Å²) in [6.07, 6.45) is 7.28. The maximum absolute atomic E-state index is 4.21. The lowest BCUT2D eigenvalue weighted by Gasteiger charge is -2.15. The Kier molecular flexibility index (Phi) is 6.44. The van der Waals surface area contributed by atoms with Gasteiger partial charge in [-0.05, 0) is 56.3 Å². The standard InChI is InChI=1S/C12H20N2S/c1-14(9-2-3-11-15)10-6-12-4-7-13-8-5-12/h4-5,7-8,15H,2-3,6,9-11H2,1H3. The second kappa shape index (κ2) is 7.71. The number of hydrogen-bond acceptors (Lipinski definition) is 3. The van der Waals surface area contributed by atoms with E-state index in [1.54, 1.807) is 0 Å². The zero-order valence-corrected chi connectivity index (χ0v) is 10.3. The van der Waals surface area contributed by atoms with Gasteiger partial charge in [-0.1, -0.05) is 0 Å². The number of unbranched alkanes of at least 4 members (excludes halogenated alkanes) is 1. The minimum absolute atomic E-state index is 0.998. The molecular weight excluding hydrogens is 204 g/mol. The van der Waals surface area contributed by atoms with Crippen LogP contribution in [0, 0.1) is 0 Å². The highest BCUT2D eigenvalue weighted by molar-refractivity contribution is 7.80. The molecule has 0 aromatic carbocycles. The SMILES string of the molecule is CN(CCCCS)CCc1ccncc1. The lowest BCUT2D eigenvalue weighted by Crippen LogP contribution is -2.22. The predicted molar refractivity (Wildman–Crippen MR) is 68.5 cm³/mol. The van der Waals surface area contributed by atoms with Crippen LogP contribution in [0.1, 0.15) is 18.4 Å². The van der Waals surface area contributed by atoms with Gasteiger partial charge in [-0.15, -0.1) is 0 Å². The molecule has 0 spiro atoms. The van der Waals surface area contributed by atoms with Gasteiger partial charge in [0.15, 0.2) is 0 Å². The van der Waals surface area contributed by atoms with Crippen LogP contribution in [0.15, 0.2) is 24.5 Å². The largest absolute Gasteiger partial charge is 0.306 e. The Morgan fingerprint density at radius 3 is 2.60 bits per heavy atom. The molecule has 0 aliphatic heterocycles. The molecule has 1 heterocycles. The lowest BCUT2D eigenvalue weighted by atomic mass is 10.2. The van der Waals surface area contributed by atoms with Crippen LogP contribution >= 0.6 is 12.6 Å². The van der Waals surface area contributed by atoms with Crippen molar-refractivity contribution in [2.45, 2.75) is 19.3 Å². The number of thiol groups is 1. The fourth-order valence-corrected chi connectivity index (χ4v) is 1.70. The number of nitrogens with zero attached hydrogens (tertiary/aromatic N) is 2. The van der Waals surface area contributed by atoms with Gasteiger partial charge in [-0.25, -0.2) is 0 Å². The molecule has 0 saturated heterocycles. The summed E-state index contributed by atoms with van der Waals surface area (Å²) in [5, 5.41) is 0. The fraction of sp³-hybridized carbons (Fsp3) is 0.583. The molecule has 1 aromatic heterocycles. The van der Waals surface area contributed by atoms with E-state index in [0.717, 1.165) is 18.7 Å². The van der Waals surface area contributed by atoms with Crippen LogP contribution in [-0.4, -0.2) is 35.8 Å². The van der Waals surface area contributed by atoms with Crippen molar-refractivity contribution in [2.75, 3.05) is 25.9 Å². The van der Waals surface area contributed by atoms with Gasteiger partial charge < -0.3 is 4.90 Å². The smallest absolute Gasteiger partial charge is 0.0270 e. The van der Waals surface area contributed by atoms with Crippen LogP contribution in [0.5, 0.6) is 0 Å². The molecule has 0 fully saturated rings. The van der Waals surface area contributed by atoms with E-state index in [1.807, 2.05) is 12.4 Å². The van der Waals surface area contributed by atoms with Crippen molar-refractivity contribution < 1.29 is 0 Å². The molecule has 0 unspecified atom stereocenters. The van der Waals surface area contributed by atoms with E-state index in [-0.39, 0.29) is 0 Å². The normalized spacial score (nSPS) is 10.9. The Balaban J connectivity index is 2.14. The molecule has 0 amide bonds. The second-order valence-electron chi connectivity index (χ2n) is 3.84. The van der Waals surface area contributed by atoms with E-state index < -0.39 is 0 Å².